The lowest BCUT2D eigenvalue weighted by molar-refractivity contribution is 0.0901. The maximum atomic E-state index is 12.4. The van der Waals surface area contributed by atoms with Crippen molar-refractivity contribution in [1.29, 1.82) is 0 Å². The number of amides is 1. The van der Waals surface area contributed by atoms with Gasteiger partial charge in [-0.15, -0.1) is 0 Å². The number of nitrogens with one attached hydrogen (secondary N) is 1. The van der Waals surface area contributed by atoms with Crippen LogP contribution in [0.1, 0.15) is 48.5 Å². The van der Waals surface area contributed by atoms with Gasteiger partial charge in [0.05, 0.1) is 16.9 Å². The third-order valence-electron chi connectivity index (χ3n) is 5.80. The molecule has 0 bridgehead atoms. The summed E-state index contributed by atoms with van der Waals surface area (Å²) >= 11 is 5.95. The van der Waals surface area contributed by atoms with Crippen LogP contribution in [0.5, 0.6) is 0 Å². The zero-order valence-corrected chi connectivity index (χ0v) is 18.6. The molecule has 1 amide bonds. The van der Waals surface area contributed by atoms with Crippen LogP contribution in [0, 0.1) is 6.92 Å². The van der Waals surface area contributed by atoms with Gasteiger partial charge in [0.1, 0.15) is 0 Å². The van der Waals surface area contributed by atoms with Gasteiger partial charge in [-0.1, -0.05) is 36.0 Å². The third-order valence-corrected chi connectivity index (χ3v) is 6.05. The molecule has 9 heteroatoms. The van der Waals surface area contributed by atoms with Gasteiger partial charge in [-0.05, 0) is 51.1 Å². The van der Waals surface area contributed by atoms with Crippen molar-refractivity contribution in [2.75, 3.05) is 20.1 Å². The number of aromatic nitrogens is 4. The summed E-state index contributed by atoms with van der Waals surface area (Å²) in [5, 5.41) is 12.0. The molecule has 0 spiro atoms. The highest BCUT2D eigenvalue weighted by Gasteiger charge is 2.21. The monoisotopic (exact) mass is 442 g/mol. The number of benzene rings is 1. The number of hydrogen-bond donors (Lipinski definition) is 1. The van der Waals surface area contributed by atoms with Crippen LogP contribution in [0.2, 0.25) is 5.02 Å². The highest BCUT2D eigenvalue weighted by molar-refractivity contribution is 6.30. The normalized spacial score (nSPS) is 14.8. The van der Waals surface area contributed by atoms with Crippen LogP contribution in [0.3, 0.4) is 0 Å². The van der Waals surface area contributed by atoms with E-state index < -0.39 is 0 Å². The molecule has 0 radical (unpaired) electrons. The molecule has 8 nitrogen and oxygen atoms in total. The van der Waals surface area contributed by atoms with Gasteiger partial charge in [0, 0.05) is 30.4 Å². The highest BCUT2D eigenvalue weighted by Crippen LogP contribution is 2.23. The first-order valence-electron chi connectivity index (χ1n) is 10.7. The zero-order chi connectivity index (χ0) is 21.8. The summed E-state index contributed by atoms with van der Waals surface area (Å²) in [6.07, 6.45) is 8.20. The molecule has 0 atom stereocenters. The molecule has 1 N–H and O–H groups in total. The molecular weight excluding hydrogens is 416 g/mol. The Morgan fingerprint density at radius 1 is 1.26 bits per heavy atom. The lowest BCUT2D eigenvalue weighted by Crippen LogP contribution is -2.39. The number of nitrogens with zero attached hydrogens (tertiary/aromatic N) is 5. The Morgan fingerprint density at radius 3 is 2.74 bits per heavy atom. The molecule has 2 heterocycles. The molecule has 4 rings (SSSR count). The molecule has 2 aromatic heterocycles. The maximum absolute atomic E-state index is 12.4. The molecule has 0 unspecified atom stereocenters. The minimum absolute atomic E-state index is 0.0473. The van der Waals surface area contributed by atoms with Crippen molar-refractivity contribution in [2.24, 2.45) is 0 Å². The van der Waals surface area contributed by atoms with Gasteiger partial charge < -0.3 is 14.7 Å². The molecule has 0 aliphatic heterocycles. The SMILES string of the molecule is Cc1nn(-c2ccc(Cl)cc2)cc1-c1noc(C(=O)NCCN(C)C2CCCCC2)n1. The molecule has 1 fully saturated rings. The van der Waals surface area contributed by atoms with Gasteiger partial charge in [0.25, 0.3) is 0 Å². The molecule has 1 aliphatic rings. The standard InChI is InChI=1S/C22H27ClN6O2/c1-15-19(14-29(26-15)18-10-8-16(23)9-11-18)20-25-22(31-27-20)21(30)24-12-13-28(2)17-6-4-3-5-7-17/h8-11,14,17H,3-7,12-13H2,1-2H3,(H,24,30). The first kappa shape index (κ1) is 21.5. The topological polar surface area (TPSA) is 89.1 Å². The van der Waals surface area contributed by atoms with E-state index in [9.17, 15) is 4.79 Å². The van der Waals surface area contributed by atoms with Crippen molar-refractivity contribution in [3.8, 4) is 17.1 Å². The van der Waals surface area contributed by atoms with Gasteiger partial charge in [-0.2, -0.15) is 10.1 Å². The average Bonchev–Trinajstić information content (AvgIpc) is 3.41. The van der Waals surface area contributed by atoms with Crippen molar-refractivity contribution >= 4 is 17.5 Å². The number of carbonyl (C=O) groups is 1. The summed E-state index contributed by atoms with van der Waals surface area (Å²) < 4.78 is 6.92. The van der Waals surface area contributed by atoms with Crippen LogP contribution in [0.15, 0.2) is 35.0 Å². The van der Waals surface area contributed by atoms with Crippen molar-refractivity contribution in [2.45, 2.75) is 45.1 Å². The summed E-state index contributed by atoms with van der Waals surface area (Å²) in [5.41, 5.74) is 2.30. The Kier molecular flexibility index (Phi) is 6.67. The predicted molar refractivity (Wildman–Crippen MR) is 118 cm³/mol. The van der Waals surface area contributed by atoms with E-state index in [0.29, 0.717) is 29.0 Å². The Morgan fingerprint density at radius 2 is 2.00 bits per heavy atom. The summed E-state index contributed by atoms with van der Waals surface area (Å²) in [6.45, 7) is 3.19. The molecule has 31 heavy (non-hydrogen) atoms. The number of hydrogen-bond acceptors (Lipinski definition) is 6. The van der Waals surface area contributed by atoms with Crippen molar-refractivity contribution < 1.29 is 9.32 Å². The van der Waals surface area contributed by atoms with E-state index in [4.69, 9.17) is 16.1 Å². The lowest BCUT2D eigenvalue weighted by atomic mass is 9.94. The minimum Gasteiger partial charge on any atom is -0.347 e. The second kappa shape index (κ2) is 9.62. The Bertz CT molecular complexity index is 1020. The number of halogens is 1. The van der Waals surface area contributed by atoms with E-state index in [2.05, 4.69) is 32.5 Å². The maximum Gasteiger partial charge on any atom is 0.316 e. The molecule has 164 valence electrons. The van der Waals surface area contributed by atoms with Crippen molar-refractivity contribution in [1.82, 2.24) is 30.1 Å². The number of carbonyl (C=O) groups excluding carboxylic acids is 1. The molecule has 3 aromatic rings. The Labute approximate surface area is 186 Å². The molecule has 1 saturated carbocycles. The molecule has 0 saturated heterocycles. The van der Waals surface area contributed by atoms with E-state index in [-0.39, 0.29) is 11.8 Å². The van der Waals surface area contributed by atoms with Crippen LogP contribution in [-0.4, -0.2) is 56.9 Å². The van der Waals surface area contributed by atoms with Crippen molar-refractivity contribution in [3.63, 3.8) is 0 Å². The Balaban J connectivity index is 1.36. The van der Waals surface area contributed by atoms with E-state index in [1.807, 2.05) is 25.3 Å². The fraction of sp³-hybridized carbons (Fsp3) is 0.455. The number of rotatable bonds is 7. The number of likely N-dealkylation sites (N-methyl/N-ethyl adjacent to an activating group) is 1. The van der Waals surface area contributed by atoms with E-state index in [1.54, 1.807) is 16.8 Å². The van der Waals surface area contributed by atoms with Gasteiger partial charge in [0.2, 0.25) is 5.82 Å². The van der Waals surface area contributed by atoms with Crippen LogP contribution in [0.25, 0.3) is 17.1 Å². The number of aryl methyl sites for hydroxylation is 1. The first-order valence-corrected chi connectivity index (χ1v) is 11.0. The predicted octanol–water partition coefficient (Wildman–Crippen LogP) is 3.88. The van der Waals surface area contributed by atoms with Gasteiger partial charge in [0.15, 0.2) is 0 Å². The van der Waals surface area contributed by atoms with E-state index >= 15 is 0 Å². The summed E-state index contributed by atoms with van der Waals surface area (Å²) in [7, 11) is 2.12. The van der Waals surface area contributed by atoms with E-state index in [1.165, 1.54) is 32.1 Å². The quantitative estimate of drug-likeness (QED) is 0.597. The zero-order valence-electron chi connectivity index (χ0n) is 17.8. The van der Waals surface area contributed by atoms with E-state index in [0.717, 1.165) is 17.9 Å². The first-order chi connectivity index (χ1) is 15.0. The second-order valence-corrected chi connectivity index (χ2v) is 8.44. The summed E-state index contributed by atoms with van der Waals surface area (Å²) in [6, 6.07) is 7.96. The average molecular weight is 443 g/mol. The second-order valence-electron chi connectivity index (χ2n) is 8.00. The summed E-state index contributed by atoms with van der Waals surface area (Å²) in [5.74, 6) is -0.0744. The van der Waals surface area contributed by atoms with Crippen LogP contribution in [0.4, 0.5) is 0 Å². The minimum atomic E-state index is -0.362. The third kappa shape index (κ3) is 5.14. The van der Waals surface area contributed by atoms with Gasteiger partial charge in [-0.25, -0.2) is 4.68 Å². The smallest absolute Gasteiger partial charge is 0.316 e. The van der Waals surface area contributed by atoms with Crippen LogP contribution >= 0.6 is 11.6 Å². The molecule has 1 aliphatic carbocycles. The summed E-state index contributed by atoms with van der Waals surface area (Å²) in [4.78, 5) is 19.0. The fourth-order valence-electron chi connectivity index (χ4n) is 3.96. The van der Waals surface area contributed by atoms with Crippen LogP contribution in [-0.2, 0) is 0 Å². The molecule has 1 aromatic carbocycles. The lowest BCUT2D eigenvalue weighted by Gasteiger charge is -2.31. The van der Waals surface area contributed by atoms with Crippen molar-refractivity contribution in [3.05, 3.63) is 47.1 Å². The van der Waals surface area contributed by atoms with Gasteiger partial charge in [-0.3, -0.25) is 4.79 Å². The largest absolute Gasteiger partial charge is 0.347 e. The van der Waals surface area contributed by atoms with Crippen LogP contribution < -0.4 is 5.32 Å². The highest BCUT2D eigenvalue weighted by atomic mass is 35.5. The fourth-order valence-corrected chi connectivity index (χ4v) is 4.08. The van der Waals surface area contributed by atoms with Gasteiger partial charge >= 0.3 is 11.8 Å². The Hall–Kier alpha value is -2.71. The molecular formula is C22H27ClN6O2.